The van der Waals surface area contributed by atoms with Crippen molar-refractivity contribution in [2.24, 2.45) is 0 Å². The quantitative estimate of drug-likeness (QED) is 0.480. The second-order valence-corrected chi connectivity index (χ2v) is 12.0. The van der Waals surface area contributed by atoms with E-state index in [1.54, 1.807) is 30.5 Å². The molecule has 0 spiro atoms. The molecule has 0 atom stereocenters. The lowest BCUT2D eigenvalue weighted by Gasteiger charge is -2.26. The Balaban J connectivity index is 1.47. The van der Waals surface area contributed by atoms with Crippen molar-refractivity contribution in [1.82, 2.24) is 13.9 Å². The van der Waals surface area contributed by atoms with Crippen LogP contribution in [0.15, 0.2) is 64.5 Å². The number of hydrogen-bond donors (Lipinski definition) is 1. The number of amides is 1. The van der Waals surface area contributed by atoms with E-state index in [0.29, 0.717) is 48.8 Å². The molecule has 0 radical (unpaired) electrons. The fourth-order valence-corrected chi connectivity index (χ4v) is 6.50. The lowest BCUT2D eigenvalue weighted by atomic mass is 9.97. The fourth-order valence-electron chi connectivity index (χ4n) is 5.09. The van der Waals surface area contributed by atoms with Crippen molar-refractivity contribution in [2.75, 3.05) is 50.6 Å². The molecule has 10 nitrogen and oxygen atoms in total. The minimum absolute atomic E-state index is 0.0820. The monoisotopic (exact) mass is 551 g/mol. The van der Waals surface area contributed by atoms with Crippen LogP contribution in [0.1, 0.15) is 47.5 Å². The zero-order valence-electron chi connectivity index (χ0n) is 22.2. The number of nitrogens with zero attached hydrogens (tertiary/aromatic N) is 4. The van der Waals surface area contributed by atoms with E-state index in [-0.39, 0.29) is 22.3 Å². The van der Waals surface area contributed by atoms with Crippen molar-refractivity contribution in [3.63, 3.8) is 0 Å². The molecule has 1 aliphatic heterocycles. The first-order chi connectivity index (χ1) is 18.7. The van der Waals surface area contributed by atoms with Crippen LogP contribution in [0, 0.1) is 0 Å². The van der Waals surface area contributed by atoms with Gasteiger partial charge in [0.05, 0.1) is 35.6 Å². The number of morpholine rings is 1. The fraction of sp³-hybridized carbons (Fsp3) is 0.393. The molecule has 3 aromatic rings. The average molecular weight is 552 g/mol. The Bertz CT molecular complexity index is 1490. The van der Waals surface area contributed by atoms with Gasteiger partial charge in [0.2, 0.25) is 10.0 Å². The van der Waals surface area contributed by atoms with Gasteiger partial charge in [0.25, 0.3) is 11.5 Å². The van der Waals surface area contributed by atoms with E-state index >= 15 is 0 Å². The average Bonchev–Trinajstić information content (AvgIpc) is 3.49. The summed E-state index contributed by atoms with van der Waals surface area (Å²) >= 11 is 0. The maximum Gasteiger partial charge on any atom is 0.258 e. The molecule has 1 N–H and O–H groups in total. The van der Waals surface area contributed by atoms with Gasteiger partial charge in [-0.05, 0) is 61.2 Å². The van der Waals surface area contributed by atoms with Crippen LogP contribution in [0.2, 0.25) is 0 Å². The molecule has 11 heteroatoms. The molecule has 3 heterocycles. The van der Waals surface area contributed by atoms with Gasteiger partial charge in [0, 0.05) is 44.6 Å². The van der Waals surface area contributed by atoms with E-state index < -0.39 is 10.0 Å². The van der Waals surface area contributed by atoms with Gasteiger partial charge in [-0.15, -0.1) is 0 Å². The Morgan fingerprint density at radius 3 is 2.36 bits per heavy atom. The number of sulfonamides is 1. The van der Waals surface area contributed by atoms with E-state index in [0.717, 1.165) is 31.5 Å². The lowest BCUT2D eigenvalue weighted by Crippen LogP contribution is -2.40. The van der Waals surface area contributed by atoms with Gasteiger partial charge in [-0.2, -0.15) is 4.31 Å². The molecular formula is C28H33N5O5S. The predicted molar refractivity (Wildman–Crippen MR) is 149 cm³/mol. The number of hydrogen-bond acceptors (Lipinski definition) is 7. The highest BCUT2D eigenvalue weighted by Crippen LogP contribution is 2.33. The molecule has 1 saturated carbocycles. The molecule has 1 aromatic carbocycles. The minimum atomic E-state index is -3.66. The molecule has 5 rings (SSSR count). The first-order valence-electron chi connectivity index (χ1n) is 13.1. The van der Waals surface area contributed by atoms with Crippen LogP contribution in [-0.2, 0) is 14.8 Å². The number of ether oxygens (including phenoxy) is 1. The summed E-state index contributed by atoms with van der Waals surface area (Å²) in [4.78, 5) is 33.3. The number of anilines is 2. The molecule has 2 aromatic heterocycles. The summed E-state index contributed by atoms with van der Waals surface area (Å²) in [6.45, 7) is 1.33. The zero-order valence-corrected chi connectivity index (χ0v) is 23.0. The van der Waals surface area contributed by atoms with Crippen LogP contribution >= 0.6 is 0 Å². The lowest BCUT2D eigenvalue weighted by molar-refractivity contribution is 0.0730. The number of aromatic nitrogens is 2. The van der Waals surface area contributed by atoms with E-state index in [9.17, 15) is 18.0 Å². The Labute approximate surface area is 228 Å². The Hall–Kier alpha value is -3.54. The summed E-state index contributed by atoms with van der Waals surface area (Å²) in [7, 11) is 0.111. The van der Waals surface area contributed by atoms with Crippen molar-refractivity contribution >= 4 is 27.4 Å². The second kappa shape index (κ2) is 11.3. The smallest absolute Gasteiger partial charge is 0.258 e. The largest absolute Gasteiger partial charge is 0.379 e. The van der Waals surface area contributed by atoms with Crippen LogP contribution in [-0.4, -0.2) is 68.6 Å². The van der Waals surface area contributed by atoms with Gasteiger partial charge in [-0.1, -0.05) is 12.8 Å². The number of nitrogens with one attached hydrogen (secondary N) is 1. The Morgan fingerprint density at radius 1 is 1.05 bits per heavy atom. The van der Waals surface area contributed by atoms with Crippen molar-refractivity contribution in [3.8, 4) is 5.69 Å². The molecule has 1 aliphatic carbocycles. The van der Waals surface area contributed by atoms with E-state index in [1.165, 1.54) is 27.2 Å². The summed E-state index contributed by atoms with van der Waals surface area (Å²) in [5, 5.41) is 2.88. The summed E-state index contributed by atoms with van der Waals surface area (Å²) in [5.41, 5.74) is 1.79. The van der Waals surface area contributed by atoms with E-state index in [1.807, 2.05) is 25.1 Å². The number of carbonyl (C=O) groups is 1. The van der Waals surface area contributed by atoms with Gasteiger partial charge in [-0.25, -0.2) is 13.4 Å². The molecule has 1 saturated heterocycles. The number of benzene rings is 1. The minimum Gasteiger partial charge on any atom is -0.379 e. The summed E-state index contributed by atoms with van der Waals surface area (Å²) in [5.74, 6) is 0.497. The van der Waals surface area contributed by atoms with Crippen molar-refractivity contribution in [3.05, 3.63) is 76.3 Å². The molecular weight excluding hydrogens is 518 g/mol. The van der Waals surface area contributed by atoms with Crippen LogP contribution in [0.3, 0.4) is 0 Å². The SMILES string of the molecule is CN(C)c1ccc(NC(=O)c2cc(C3CCCC3)c(=O)n(-c3ccc(S(=O)(=O)N4CCOCC4)cc3)c2)cn1. The van der Waals surface area contributed by atoms with Gasteiger partial charge in [0.1, 0.15) is 5.82 Å². The topological polar surface area (TPSA) is 114 Å². The third kappa shape index (κ3) is 5.75. The molecule has 39 heavy (non-hydrogen) atoms. The zero-order chi connectivity index (χ0) is 27.6. The van der Waals surface area contributed by atoms with Crippen LogP contribution < -0.4 is 15.8 Å². The molecule has 1 amide bonds. The highest BCUT2D eigenvalue weighted by molar-refractivity contribution is 7.89. The van der Waals surface area contributed by atoms with Crippen molar-refractivity contribution in [1.29, 1.82) is 0 Å². The second-order valence-electron chi connectivity index (χ2n) is 10.1. The maximum atomic E-state index is 13.6. The van der Waals surface area contributed by atoms with Gasteiger partial charge in [-0.3, -0.25) is 14.2 Å². The standard InChI is InChI=1S/C28H33N5O5S/c1-31(2)26-12-7-22(18-29-26)30-27(34)21-17-25(20-5-3-4-6-20)28(35)33(19-21)23-8-10-24(11-9-23)39(36,37)32-13-15-38-16-14-32/h7-12,17-20H,3-6,13-16H2,1-2H3,(H,30,34). The van der Waals surface area contributed by atoms with Crippen LogP contribution in [0.25, 0.3) is 5.69 Å². The third-order valence-corrected chi connectivity index (χ3v) is 9.20. The Morgan fingerprint density at radius 2 is 1.74 bits per heavy atom. The molecule has 2 fully saturated rings. The van der Waals surface area contributed by atoms with Gasteiger partial charge < -0.3 is 15.0 Å². The van der Waals surface area contributed by atoms with Gasteiger partial charge in [0.15, 0.2) is 0 Å². The number of rotatable bonds is 7. The maximum absolute atomic E-state index is 13.6. The summed E-state index contributed by atoms with van der Waals surface area (Å²) in [6, 6.07) is 11.5. The summed E-state index contributed by atoms with van der Waals surface area (Å²) < 4.78 is 34.2. The molecule has 2 aliphatic rings. The first-order valence-corrected chi connectivity index (χ1v) is 14.6. The van der Waals surface area contributed by atoms with Crippen molar-refractivity contribution < 1.29 is 17.9 Å². The third-order valence-electron chi connectivity index (χ3n) is 7.29. The van der Waals surface area contributed by atoms with Crippen LogP contribution in [0.4, 0.5) is 11.5 Å². The van der Waals surface area contributed by atoms with E-state index in [2.05, 4.69) is 10.3 Å². The molecule has 0 bridgehead atoms. The molecule has 206 valence electrons. The predicted octanol–water partition coefficient (Wildman–Crippen LogP) is 3.23. The normalized spacial score (nSPS) is 16.8. The molecule has 0 unspecified atom stereocenters. The highest BCUT2D eigenvalue weighted by Gasteiger charge is 2.27. The van der Waals surface area contributed by atoms with Crippen LogP contribution in [0.5, 0.6) is 0 Å². The van der Waals surface area contributed by atoms with E-state index in [4.69, 9.17) is 4.74 Å². The first kappa shape index (κ1) is 27.0. The summed E-state index contributed by atoms with van der Waals surface area (Å²) in [6.07, 6.45) is 6.98. The number of pyridine rings is 2. The number of carbonyl (C=O) groups excluding carboxylic acids is 1. The van der Waals surface area contributed by atoms with Gasteiger partial charge >= 0.3 is 0 Å². The highest BCUT2D eigenvalue weighted by atomic mass is 32.2. The Kier molecular flexibility index (Phi) is 7.83. The van der Waals surface area contributed by atoms with Crippen molar-refractivity contribution in [2.45, 2.75) is 36.5 Å².